The number of fused-ring (bicyclic) bond motifs is 1. The number of nitrogens with one attached hydrogen (secondary N) is 1. The summed E-state index contributed by atoms with van der Waals surface area (Å²) in [5.74, 6) is -1.15. The van der Waals surface area contributed by atoms with Crippen molar-refractivity contribution in [3.05, 3.63) is 64.8 Å². The number of nitrogen functional groups attached to an aromatic ring is 1. The van der Waals surface area contributed by atoms with Gasteiger partial charge in [0.25, 0.3) is 11.8 Å². The number of amides is 2. The third-order valence-corrected chi connectivity index (χ3v) is 6.78. The van der Waals surface area contributed by atoms with Gasteiger partial charge in [-0.2, -0.15) is 0 Å². The van der Waals surface area contributed by atoms with Crippen LogP contribution in [-0.2, 0) is 24.0 Å². The van der Waals surface area contributed by atoms with E-state index >= 15 is 0 Å². The van der Waals surface area contributed by atoms with Gasteiger partial charge in [-0.15, -0.1) is 23.1 Å². The highest BCUT2D eigenvalue weighted by atomic mass is 32.2. The fourth-order valence-corrected chi connectivity index (χ4v) is 5.12. The van der Waals surface area contributed by atoms with E-state index < -0.39 is 29.2 Å². The molecule has 1 aromatic heterocycles. The van der Waals surface area contributed by atoms with Crippen LogP contribution in [0, 0.1) is 0 Å². The molecule has 2 amide bonds. The molecule has 0 spiro atoms. The van der Waals surface area contributed by atoms with Gasteiger partial charge in [-0.05, 0) is 17.7 Å². The van der Waals surface area contributed by atoms with Crippen LogP contribution in [0.15, 0.2) is 58.7 Å². The average Bonchev–Trinajstić information content (AvgIpc) is 3.29. The van der Waals surface area contributed by atoms with Crippen molar-refractivity contribution in [3.63, 3.8) is 0 Å². The Bertz CT molecular complexity index is 1180. The zero-order valence-electron chi connectivity index (χ0n) is 18.0. The summed E-state index contributed by atoms with van der Waals surface area (Å²) in [5, 5.41) is 7.79. The quantitative estimate of drug-likeness (QED) is 0.242. The number of rotatable bonds is 8. The summed E-state index contributed by atoms with van der Waals surface area (Å²) in [7, 11) is 1.30. The number of esters is 1. The first kappa shape index (κ1) is 23.5. The highest BCUT2D eigenvalue weighted by Gasteiger charge is 2.53. The zero-order valence-corrected chi connectivity index (χ0v) is 19.7. The number of aromatic nitrogens is 1. The number of nitrogens with two attached hydrogens (primary N) is 1. The van der Waals surface area contributed by atoms with E-state index in [1.807, 2.05) is 36.4 Å². The third kappa shape index (κ3) is 4.97. The van der Waals surface area contributed by atoms with Crippen LogP contribution in [-0.4, -0.2) is 64.3 Å². The van der Waals surface area contributed by atoms with E-state index in [0.717, 1.165) is 16.9 Å². The number of benzene rings is 1. The van der Waals surface area contributed by atoms with E-state index in [2.05, 4.69) is 15.5 Å². The summed E-state index contributed by atoms with van der Waals surface area (Å²) < 4.78 is 5.31. The van der Waals surface area contributed by atoms with Crippen molar-refractivity contribution in [1.29, 1.82) is 0 Å². The number of nitrogens with zero attached hydrogens (tertiary/aromatic N) is 3. The van der Waals surface area contributed by atoms with Crippen molar-refractivity contribution in [2.24, 2.45) is 5.16 Å². The SMILES string of the molecule is CO/N=C(\C(=O)NC1C(=O)N2C(C(=O)OC/C=C/c3ccccc3)=CCS[C@H]12)c1csc(N)n1. The summed E-state index contributed by atoms with van der Waals surface area (Å²) in [6.07, 6.45) is 5.22. The molecule has 0 bridgehead atoms. The Labute approximate surface area is 203 Å². The molecule has 0 radical (unpaired) electrons. The lowest BCUT2D eigenvalue weighted by Crippen LogP contribution is -2.70. The molecule has 3 heterocycles. The van der Waals surface area contributed by atoms with Crippen LogP contribution in [0.25, 0.3) is 6.08 Å². The Kier molecular flexibility index (Phi) is 7.28. The molecule has 3 N–H and O–H groups in total. The second kappa shape index (κ2) is 10.5. The smallest absolute Gasteiger partial charge is 0.355 e. The van der Waals surface area contributed by atoms with Crippen molar-refractivity contribution in [2.75, 3.05) is 25.2 Å². The summed E-state index contributed by atoms with van der Waals surface area (Å²) in [5.41, 5.74) is 6.95. The van der Waals surface area contributed by atoms with Crippen molar-refractivity contribution in [2.45, 2.75) is 11.4 Å². The van der Waals surface area contributed by atoms with Gasteiger partial charge in [0.05, 0.1) is 0 Å². The summed E-state index contributed by atoms with van der Waals surface area (Å²) >= 11 is 2.58. The Morgan fingerprint density at radius 3 is 2.85 bits per heavy atom. The van der Waals surface area contributed by atoms with Gasteiger partial charge < -0.3 is 20.6 Å². The van der Waals surface area contributed by atoms with E-state index in [0.29, 0.717) is 5.75 Å². The van der Waals surface area contributed by atoms with E-state index in [1.165, 1.54) is 23.8 Å². The number of carbonyl (C=O) groups excluding carboxylic acids is 3. The first-order valence-electron chi connectivity index (χ1n) is 10.2. The van der Waals surface area contributed by atoms with Gasteiger partial charge in [-0.1, -0.05) is 41.6 Å². The number of hydrogen-bond donors (Lipinski definition) is 2. The van der Waals surface area contributed by atoms with E-state index in [4.69, 9.17) is 15.3 Å². The zero-order chi connectivity index (χ0) is 24.1. The molecule has 2 aliphatic rings. The Morgan fingerprint density at radius 2 is 2.15 bits per heavy atom. The summed E-state index contributed by atoms with van der Waals surface area (Å²) in [6, 6.07) is 8.78. The minimum absolute atomic E-state index is 0.0681. The molecule has 176 valence electrons. The van der Waals surface area contributed by atoms with Crippen LogP contribution in [0.2, 0.25) is 0 Å². The average molecular weight is 500 g/mol. The Balaban J connectivity index is 1.36. The number of oxime groups is 1. The molecule has 10 nitrogen and oxygen atoms in total. The molecule has 1 saturated heterocycles. The molecule has 4 rings (SSSR count). The molecular formula is C22H21N5O5S2. The molecule has 2 atom stereocenters. The van der Waals surface area contributed by atoms with Crippen LogP contribution < -0.4 is 11.1 Å². The minimum atomic E-state index is -0.829. The number of thioether (sulfide) groups is 1. The Hall–Kier alpha value is -3.64. The van der Waals surface area contributed by atoms with Gasteiger partial charge >= 0.3 is 5.97 Å². The molecule has 34 heavy (non-hydrogen) atoms. The topological polar surface area (TPSA) is 136 Å². The molecule has 12 heteroatoms. The Morgan fingerprint density at radius 1 is 1.35 bits per heavy atom. The fraction of sp³-hybridized carbons (Fsp3) is 0.227. The van der Waals surface area contributed by atoms with Crippen LogP contribution in [0.5, 0.6) is 0 Å². The molecule has 1 fully saturated rings. The largest absolute Gasteiger partial charge is 0.457 e. The predicted molar refractivity (Wildman–Crippen MR) is 130 cm³/mol. The molecule has 2 aliphatic heterocycles. The minimum Gasteiger partial charge on any atom is -0.457 e. The summed E-state index contributed by atoms with van der Waals surface area (Å²) in [6.45, 7) is 0.0681. The number of carbonyl (C=O) groups is 3. The highest BCUT2D eigenvalue weighted by molar-refractivity contribution is 8.00. The number of anilines is 1. The van der Waals surface area contributed by atoms with Gasteiger partial charge in [0, 0.05) is 11.1 Å². The second-order valence-corrected chi connectivity index (χ2v) is 9.12. The highest BCUT2D eigenvalue weighted by Crippen LogP contribution is 2.37. The van der Waals surface area contributed by atoms with Crippen molar-refractivity contribution in [3.8, 4) is 0 Å². The van der Waals surface area contributed by atoms with Crippen LogP contribution in [0.1, 0.15) is 11.3 Å². The first-order valence-corrected chi connectivity index (χ1v) is 12.1. The van der Waals surface area contributed by atoms with Gasteiger partial charge in [0.1, 0.15) is 36.5 Å². The van der Waals surface area contributed by atoms with Crippen molar-refractivity contribution >= 4 is 57.8 Å². The van der Waals surface area contributed by atoms with Crippen LogP contribution in [0.3, 0.4) is 0 Å². The summed E-state index contributed by atoms with van der Waals surface area (Å²) in [4.78, 5) is 48.3. The van der Waals surface area contributed by atoms with E-state index in [-0.39, 0.29) is 28.8 Å². The second-order valence-electron chi connectivity index (χ2n) is 7.08. The van der Waals surface area contributed by atoms with E-state index in [9.17, 15) is 14.4 Å². The molecule has 0 saturated carbocycles. The molecule has 2 aromatic rings. The molecule has 1 aromatic carbocycles. The monoisotopic (exact) mass is 499 g/mol. The molecule has 1 unspecified atom stereocenters. The van der Waals surface area contributed by atoms with Gasteiger partial charge in [0.2, 0.25) is 0 Å². The maximum absolute atomic E-state index is 12.8. The van der Waals surface area contributed by atoms with Crippen LogP contribution >= 0.6 is 23.1 Å². The first-order chi connectivity index (χ1) is 16.5. The van der Waals surface area contributed by atoms with Gasteiger partial charge in [-0.25, -0.2) is 9.78 Å². The maximum atomic E-state index is 12.8. The van der Waals surface area contributed by atoms with Gasteiger partial charge in [-0.3, -0.25) is 14.5 Å². The predicted octanol–water partition coefficient (Wildman–Crippen LogP) is 1.62. The third-order valence-electron chi connectivity index (χ3n) is 4.92. The van der Waals surface area contributed by atoms with E-state index in [1.54, 1.807) is 17.5 Å². The standard InChI is InChI=1S/C22H21N5O5S2/c1-31-26-16(14-12-34-22(23)24-14)18(28)25-17-19(29)27-15(9-11-33-20(17)27)21(30)32-10-5-8-13-6-3-2-4-7-13/h2-9,12,17,20H,10-11H2,1H3,(H2,23,24)(H,25,28)/b8-5+,26-16-/t17?,20-/m1/s1. The fourth-order valence-electron chi connectivity index (χ4n) is 3.38. The number of ether oxygens (including phenoxy) is 1. The molecule has 0 aliphatic carbocycles. The molecular weight excluding hydrogens is 478 g/mol. The lowest BCUT2D eigenvalue weighted by molar-refractivity contribution is -0.151. The number of β-lactam (4-membered cyclic amide) rings is 1. The van der Waals surface area contributed by atoms with Crippen LogP contribution in [0.4, 0.5) is 5.13 Å². The lowest BCUT2D eigenvalue weighted by atomic mass is 10.0. The number of hydrogen-bond acceptors (Lipinski definition) is 10. The van der Waals surface area contributed by atoms with Crippen molar-refractivity contribution < 1.29 is 24.0 Å². The lowest BCUT2D eigenvalue weighted by Gasteiger charge is -2.48. The normalized spacial score (nSPS) is 19.8. The maximum Gasteiger partial charge on any atom is 0.355 e. The van der Waals surface area contributed by atoms with Gasteiger partial charge in [0.15, 0.2) is 10.8 Å². The number of thiazole rings is 1. The van der Waals surface area contributed by atoms with Crippen molar-refractivity contribution in [1.82, 2.24) is 15.2 Å².